The van der Waals surface area contributed by atoms with E-state index in [1.165, 1.54) is 33.4 Å². The van der Waals surface area contributed by atoms with Gasteiger partial charge in [-0.1, -0.05) is 200 Å². The summed E-state index contributed by atoms with van der Waals surface area (Å²) < 4.78 is 2.30. The van der Waals surface area contributed by atoms with Crippen molar-refractivity contribution >= 4 is 46.0 Å². The molecule has 0 atom stereocenters. The molecule has 0 radical (unpaired) electrons. The fourth-order valence-corrected chi connectivity index (χ4v) is 10.3. The second-order valence-corrected chi connectivity index (χ2v) is 16.5. The van der Waals surface area contributed by atoms with Crippen molar-refractivity contribution in [1.29, 1.82) is 5.41 Å². The zero-order valence-electron chi connectivity index (χ0n) is 35.4. The number of anilines is 3. The predicted molar refractivity (Wildman–Crippen MR) is 268 cm³/mol. The van der Waals surface area contributed by atoms with Gasteiger partial charge in [0.2, 0.25) is 0 Å². The van der Waals surface area contributed by atoms with E-state index in [-0.39, 0.29) is 5.84 Å². The highest BCUT2D eigenvalue weighted by molar-refractivity contribution is 6.15. The lowest BCUT2D eigenvalue weighted by Crippen LogP contribution is -2.25. The number of aromatic nitrogens is 1. The Morgan fingerprint density at radius 3 is 1.60 bits per heavy atom. The zero-order valence-corrected chi connectivity index (χ0v) is 35.4. The van der Waals surface area contributed by atoms with Gasteiger partial charge in [0.1, 0.15) is 6.34 Å². The third-order valence-corrected chi connectivity index (χ3v) is 13.0. The third-order valence-electron chi connectivity index (χ3n) is 13.0. The molecule has 0 aliphatic heterocycles. The summed E-state index contributed by atoms with van der Waals surface area (Å²) >= 11 is 0. The van der Waals surface area contributed by atoms with Crippen molar-refractivity contribution in [2.24, 2.45) is 9.98 Å². The molecule has 0 saturated carbocycles. The summed E-state index contributed by atoms with van der Waals surface area (Å²) in [6.45, 7) is 0. The highest BCUT2D eigenvalue weighted by atomic mass is 15.2. The first-order chi connectivity index (χ1) is 32.2. The van der Waals surface area contributed by atoms with Crippen LogP contribution in [-0.4, -0.2) is 22.6 Å². The molecule has 0 bridgehead atoms. The molecule has 306 valence electrons. The Morgan fingerprint density at radius 2 is 0.969 bits per heavy atom. The van der Waals surface area contributed by atoms with Crippen LogP contribution in [0.5, 0.6) is 0 Å². The molecule has 5 heteroatoms. The van der Waals surface area contributed by atoms with Crippen molar-refractivity contribution in [1.82, 2.24) is 4.57 Å². The highest BCUT2D eigenvalue weighted by Gasteiger charge is 2.54. The van der Waals surface area contributed by atoms with E-state index in [2.05, 4.69) is 198 Å². The van der Waals surface area contributed by atoms with Crippen LogP contribution in [-0.2, 0) is 5.41 Å². The normalized spacial score (nSPS) is 13.1. The summed E-state index contributed by atoms with van der Waals surface area (Å²) in [4.78, 5) is 12.8. The van der Waals surface area contributed by atoms with E-state index in [0.29, 0.717) is 11.4 Å². The van der Waals surface area contributed by atoms with Crippen LogP contribution in [0.15, 0.2) is 247 Å². The molecule has 5 nitrogen and oxygen atoms in total. The van der Waals surface area contributed by atoms with Gasteiger partial charge in [-0.25, -0.2) is 9.98 Å². The Hall–Kier alpha value is -8.67. The number of hydrogen-bond acceptors (Lipinski definition) is 2. The van der Waals surface area contributed by atoms with E-state index in [0.717, 1.165) is 55.9 Å². The average molecular weight is 832 g/mol. The summed E-state index contributed by atoms with van der Waals surface area (Å²) in [5.74, 6) is 0.569. The largest absolute Gasteiger partial charge is 0.308 e. The highest BCUT2D eigenvalue weighted by Crippen LogP contribution is 2.65. The van der Waals surface area contributed by atoms with E-state index in [4.69, 9.17) is 9.98 Å². The van der Waals surface area contributed by atoms with E-state index in [1.54, 1.807) is 0 Å². The van der Waals surface area contributed by atoms with Crippen LogP contribution >= 0.6 is 0 Å². The first-order valence-electron chi connectivity index (χ1n) is 22.0. The number of hydrogen-bond donors (Lipinski definition) is 1. The lowest BCUT2D eigenvalue weighted by atomic mass is 9.70. The van der Waals surface area contributed by atoms with Crippen LogP contribution < -0.4 is 4.90 Å². The molecule has 2 aliphatic carbocycles. The number of nitrogens with one attached hydrogen (secondary N) is 1. The van der Waals surface area contributed by atoms with Crippen LogP contribution in [0.4, 0.5) is 17.1 Å². The summed E-state index contributed by atoms with van der Waals surface area (Å²) in [6.07, 6.45) is 1.95. The summed E-state index contributed by atoms with van der Waals surface area (Å²) in [7, 11) is 0. The summed E-state index contributed by atoms with van der Waals surface area (Å²) in [5, 5.41) is 10.4. The van der Waals surface area contributed by atoms with E-state index < -0.39 is 5.41 Å². The molecule has 1 spiro atoms. The third kappa shape index (κ3) is 6.05. The molecule has 0 unspecified atom stereocenters. The molecule has 0 amide bonds. The van der Waals surface area contributed by atoms with Gasteiger partial charge in [0.25, 0.3) is 0 Å². The minimum atomic E-state index is -0.601. The van der Waals surface area contributed by atoms with Crippen molar-refractivity contribution in [3.8, 4) is 33.5 Å². The van der Waals surface area contributed by atoms with Gasteiger partial charge in [0.15, 0.2) is 11.7 Å². The lowest BCUT2D eigenvalue weighted by molar-refractivity contribution is 0.801. The molecule has 12 rings (SSSR count). The van der Waals surface area contributed by atoms with Gasteiger partial charge in [-0.3, -0.25) is 9.98 Å². The predicted octanol–water partition coefficient (Wildman–Crippen LogP) is 14.5. The van der Waals surface area contributed by atoms with Gasteiger partial charge >= 0.3 is 0 Å². The summed E-state index contributed by atoms with van der Waals surface area (Å²) in [5.41, 5.74) is 16.9. The second-order valence-electron chi connectivity index (χ2n) is 16.5. The van der Waals surface area contributed by atoms with Crippen LogP contribution in [0, 0.1) is 5.41 Å². The maximum absolute atomic E-state index is 9.28. The number of nitrogens with zero attached hydrogens (tertiary/aromatic N) is 4. The average Bonchev–Trinajstić information content (AvgIpc) is 3.99. The number of fused-ring (bicyclic) bond motifs is 12. The molecule has 1 N–H and O–H groups in total. The number of benzene rings is 9. The van der Waals surface area contributed by atoms with Gasteiger partial charge in [-0.05, 0) is 75.3 Å². The van der Waals surface area contributed by atoms with Crippen molar-refractivity contribution in [3.63, 3.8) is 0 Å². The van der Waals surface area contributed by atoms with E-state index in [1.807, 2.05) is 54.9 Å². The number of rotatable bonds is 7. The molecule has 1 heterocycles. The maximum atomic E-state index is 9.28. The molecule has 10 aromatic rings. The Kier molecular flexibility index (Phi) is 9.13. The Labute approximate surface area is 378 Å². The first kappa shape index (κ1) is 38.0. The standard InChI is InChI=1S/C60H41N5/c61-58(42-23-7-2-8-24-42)63-59(44-26-19-25-43(39-44)41-21-5-1-6-22-41)62-40-64-56-50(34-20-38-54(56)65(45-27-9-3-10-28-45)46-29-11-4-12-30-46)55-57(64)49-33-15-18-37-53(49)60(55)51-35-16-13-31-47(51)48-32-14-17-36-52(48)60/h1-40,61H/b61-58?,62-40+,63-59-. The van der Waals surface area contributed by atoms with Crippen LogP contribution in [0.1, 0.15) is 33.4 Å². The smallest absolute Gasteiger partial charge is 0.163 e. The maximum Gasteiger partial charge on any atom is 0.163 e. The van der Waals surface area contributed by atoms with E-state index >= 15 is 0 Å². The van der Waals surface area contributed by atoms with Gasteiger partial charge in [-0.2, -0.15) is 0 Å². The molecule has 9 aromatic carbocycles. The molecule has 0 fully saturated rings. The fourth-order valence-electron chi connectivity index (χ4n) is 10.3. The van der Waals surface area contributed by atoms with Gasteiger partial charge in [0.05, 0.1) is 22.3 Å². The molecule has 1 aromatic heterocycles. The lowest BCUT2D eigenvalue weighted by Gasteiger charge is -2.30. The molecule has 2 aliphatic rings. The van der Waals surface area contributed by atoms with Crippen LogP contribution in [0.3, 0.4) is 0 Å². The minimum Gasteiger partial charge on any atom is -0.308 e. The number of amidine groups is 2. The van der Waals surface area contributed by atoms with Gasteiger partial charge in [-0.15, -0.1) is 0 Å². The molecular formula is C60H41N5. The topological polar surface area (TPSA) is 56.7 Å². The molecule has 0 saturated heterocycles. The van der Waals surface area contributed by atoms with Crippen molar-refractivity contribution in [3.05, 3.63) is 270 Å². The van der Waals surface area contributed by atoms with Crippen LogP contribution in [0.2, 0.25) is 0 Å². The number of para-hydroxylation sites is 3. The SMILES string of the molecule is N=C(/N=C(\N=C\n1c2c(c3cccc(N(c4ccccc4)c4ccccc4)c31)C1(c3ccccc3-c3ccccc31)c1ccccc1-2)c1cccc(-c2ccccc2)c1)c1ccccc1. The monoisotopic (exact) mass is 831 g/mol. The second kappa shape index (κ2) is 15.6. The van der Waals surface area contributed by atoms with Gasteiger partial charge in [0, 0.05) is 39.0 Å². The van der Waals surface area contributed by atoms with Crippen molar-refractivity contribution in [2.75, 3.05) is 4.90 Å². The van der Waals surface area contributed by atoms with Crippen molar-refractivity contribution in [2.45, 2.75) is 5.41 Å². The Balaban J connectivity index is 1.18. The van der Waals surface area contributed by atoms with Crippen molar-refractivity contribution < 1.29 is 0 Å². The molecular weight excluding hydrogens is 791 g/mol. The van der Waals surface area contributed by atoms with Crippen LogP contribution in [0.25, 0.3) is 44.4 Å². The number of aliphatic imine (C=N–C) groups is 2. The minimum absolute atomic E-state index is 0.133. The summed E-state index contributed by atoms with van der Waals surface area (Å²) in [6, 6.07) is 83.0. The first-order valence-corrected chi connectivity index (χ1v) is 22.0. The Bertz CT molecular complexity index is 3410. The quantitative estimate of drug-likeness (QED) is 0.126. The fraction of sp³-hybridized carbons (Fsp3) is 0.0167. The van der Waals surface area contributed by atoms with Gasteiger partial charge < -0.3 is 4.90 Å². The molecule has 65 heavy (non-hydrogen) atoms. The Morgan fingerprint density at radius 1 is 0.477 bits per heavy atom. The van der Waals surface area contributed by atoms with E-state index in [9.17, 15) is 5.41 Å². The zero-order chi connectivity index (χ0) is 43.3.